The highest BCUT2D eigenvalue weighted by Gasteiger charge is 2.34. The van der Waals surface area contributed by atoms with Crippen molar-refractivity contribution in [1.29, 1.82) is 0 Å². The molecule has 3 rings (SSSR count). The smallest absolute Gasteiger partial charge is 0.215 e. The summed E-state index contributed by atoms with van der Waals surface area (Å²) < 4.78 is 16.3. The molecule has 0 spiro atoms. The van der Waals surface area contributed by atoms with Crippen molar-refractivity contribution < 1.29 is 23.9 Å². The van der Waals surface area contributed by atoms with Crippen molar-refractivity contribution in [3.05, 3.63) is 69.3 Å². The normalized spacial score (nSPS) is 15.7. The minimum atomic E-state index is -0.724. The van der Waals surface area contributed by atoms with Crippen LogP contribution in [-0.2, 0) is 4.79 Å². The van der Waals surface area contributed by atoms with Gasteiger partial charge in [0.25, 0.3) is 0 Å². The highest BCUT2D eigenvalue weighted by molar-refractivity contribution is 5.90. The molecule has 1 aliphatic heterocycles. The number of carbonyl (C=O) groups is 1. The van der Waals surface area contributed by atoms with Gasteiger partial charge in [0.2, 0.25) is 6.54 Å². The van der Waals surface area contributed by atoms with E-state index in [1.807, 2.05) is 0 Å². The van der Waals surface area contributed by atoms with E-state index in [-0.39, 0.29) is 5.57 Å². The molecule has 0 saturated carbocycles. The lowest BCUT2D eigenvalue weighted by molar-refractivity contribution is -0.481. The lowest BCUT2D eigenvalue weighted by Gasteiger charge is -2.27. The zero-order valence-electron chi connectivity index (χ0n) is 14.3. The van der Waals surface area contributed by atoms with Crippen LogP contribution in [0.4, 0.5) is 0 Å². The van der Waals surface area contributed by atoms with E-state index in [2.05, 4.69) is 0 Å². The summed E-state index contributed by atoms with van der Waals surface area (Å²) in [6, 6.07) is 12.0. The first kappa shape index (κ1) is 17.5. The fourth-order valence-corrected chi connectivity index (χ4v) is 2.96. The Labute approximate surface area is 150 Å². The fourth-order valence-electron chi connectivity index (χ4n) is 2.96. The molecule has 0 bridgehead atoms. The molecule has 0 amide bonds. The first-order valence-electron chi connectivity index (χ1n) is 7.88. The number of aldehydes is 1. The number of hydrogen-bond acceptors (Lipinski definition) is 6. The lowest BCUT2D eigenvalue weighted by Crippen LogP contribution is -2.22. The van der Waals surface area contributed by atoms with Crippen LogP contribution in [0.3, 0.4) is 0 Å². The van der Waals surface area contributed by atoms with E-state index in [0.29, 0.717) is 40.4 Å². The predicted octanol–water partition coefficient (Wildman–Crippen LogP) is 3.07. The largest absolute Gasteiger partial charge is 0.497 e. The van der Waals surface area contributed by atoms with Crippen LogP contribution in [0.2, 0.25) is 0 Å². The Balaban J connectivity index is 2.14. The quantitative estimate of drug-likeness (QED) is 0.449. The summed E-state index contributed by atoms with van der Waals surface area (Å²) in [5, 5.41) is 11.2. The minimum Gasteiger partial charge on any atom is -0.497 e. The van der Waals surface area contributed by atoms with Gasteiger partial charge in [-0.1, -0.05) is 0 Å². The molecule has 0 saturated heterocycles. The van der Waals surface area contributed by atoms with Gasteiger partial charge in [0.15, 0.2) is 6.29 Å². The summed E-state index contributed by atoms with van der Waals surface area (Å²) in [5.41, 5.74) is 1.43. The van der Waals surface area contributed by atoms with Crippen LogP contribution < -0.4 is 14.2 Å². The molecular formula is C19H17NO6. The molecule has 7 nitrogen and oxygen atoms in total. The van der Waals surface area contributed by atoms with E-state index in [0.717, 1.165) is 0 Å². The van der Waals surface area contributed by atoms with Gasteiger partial charge in [-0.25, -0.2) is 0 Å². The van der Waals surface area contributed by atoms with Gasteiger partial charge in [0.1, 0.15) is 23.0 Å². The van der Waals surface area contributed by atoms with Crippen LogP contribution in [-0.4, -0.2) is 32.0 Å². The topological polar surface area (TPSA) is 87.9 Å². The molecule has 26 heavy (non-hydrogen) atoms. The average molecular weight is 355 g/mol. The van der Waals surface area contributed by atoms with Crippen LogP contribution in [0.5, 0.6) is 17.2 Å². The summed E-state index contributed by atoms with van der Waals surface area (Å²) >= 11 is 0. The Morgan fingerprint density at radius 1 is 1.12 bits per heavy atom. The van der Waals surface area contributed by atoms with Gasteiger partial charge in [-0.15, -0.1) is 0 Å². The van der Waals surface area contributed by atoms with E-state index in [1.165, 1.54) is 7.11 Å². The number of fused-ring (bicyclic) bond motifs is 1. The minimum absolute atomic E-state index is 0.229. The van der Waals surface area contributed by atoms with Crippen molar-refractivity contribution in [2.24, 2.45) is 0 Å². The summed E-state index contributed by atoms with van der Waals surface area (Å²) in [4.78, 5) is 22.6. The number of methoxy groups -OCH3 is 2. The molecule has 1 aliphatic rings. The van der Waals surface area contributed by atoms with Gasteiger partial charge in [-0.05, 0) is 42.5 Å². The number of rotatable bonds is 6. The van der Waals surface area contributed by atoms with Gasteiger partial charge < -0.3 is 14.2 Å². The predicted molar refractivity (Wildman–Crippen MR) is 94.2 cm³/mol. The molecule has 0 unspecified atom stereocenters. The summed E-state index contributed by atoms with van der Waals surface area (Å²) in [6.07, 6.45) is 0.621. The maximum absolute atomic E-state index is 11.8. The first-order chi connectivity index (χ1) is 12.6. The van der Waals surface area contributed by atoms with E-state index in [9.17, 15) is 14.9 Å². The summed E-state index contributed by atoms with van der Waals surface area (Å²) in [6.45, 7) is -0.419. The highest BCUT2D eigenvalue weighted by atomic mass is 16.6. The van der Waals surface area contributed by atoms with Crippen molar-refractivity contribution in [3.63, 3.8) is 0 Å². The molecule has 0 aromatic heterocycles. The Hall–Kier alpha value is -3.35. The van der Waals surface area contributed by atoms with Crippen LogP contribution in [0, 0.1) is 10.1 Å². The number of benzene rings is 2. The van der Waals surface area contributed by atoms with Gasteiger partial charge in [0, 0.05) is 21.6 Å². The molecule has 0 aliphatic carbocycles. The highest BCUT2D eigenvalue weighted by Crippen LogP contribution is 2.43. The summed E-state index contributed by atoms with van der Waals surface area (Å²) in [7, 11) is 3.06. The molecular weight excluding hydrogens is 338 g/mol. The zero-order chi connectivity index (χ0) is 18.7. The maximum atomic E-state index is 11.8. The zero-order valence-corrected chi connectivity index (χ0v) is 14.3. The maximum Gasteiger partial charge on any atom is 0.215 e. The lowest BCUT2D eigenvalue weighted by atomic mass is 9.86. The van der Waals surface area contributed by atoms with E-state index in [1.54, 1.807) is 49.6 Å². The van der Waals surface area contributed by atoms with Gasteiger partial charge >= 0.3 is 0 Å². The van der Waals surface area contributed by atoms with Crippen molar-refractivity contribution >= 4 is 12.0 Å². The van der Waals surface area contributed by atoms with Gasteiger partial charge in [-0.2, -0.15) is 0 Å². The molecule has 7 heteroatoms. The fraction of sp³-hybridized carbons (Fsp3) is 0.211. The van der Waals surface area contributed by atoms with Gasteiger partial charge in [0.05, 0.1) is 20.1 Å². The molecule has 1 heterocycles. The van der Waals surface area contributed by atoms with Crippen molar-refractivity contribution in [2.75, 3.05) is 20.8 Å². The third-order valence-corrected chi connectivity index (χ3v) is 4.25. The van der Waals surface area contributed by atoms with Crippen molar-refractivity contribution in [2.45, 2.75) is 5.92 Å². The van der Waals surface area contributed by atoms with Crippen LogP contribution >= 0.6 is 0 Å². The second-order valence-electron chi connectivity index (χ2n) is 5.70. The SMILES string of the molecule is COc1ccc(C2=C(C=O)[C@H](C[N+](=O)[O-])c3cc(OC)ccc3O2)cc1. The van der Waals surface area contributed by atoms with Gasteiger partial charge in [-0.3, -0.25) is 14.9 Å². The van der Waals surface area contributed by atoms with Crippen molar-refractivity contribution in [3.8, 4) is 17.2 Å². The summed E-state index contributed by atoms with van der Waals surface area (Å²) in [5.74, 6) is 1.25. The Morgan fingerprint density at radius 2 is 1.77 bits per heavy atom. The second kappa shape index (κ2) is 7.26. The first-order valence-corrected chi connectivity index (χ1v) is 7.88. The van der Waals surface area contributed by atoms with Crippen LogP contribution in [0.25, 0.3) is 5.76 Å². The molecule has 0 N–H and O–H groups in total. The van der Waals surface area contributed by atoms with E-state index < -0.39 is 17.4 Å². The molecule has 0 radical (unpaired) electrons. The second-order valence-corrected chi connectivity index (χ2v) is 5.70. The monoisotopic (exact) mass is 355 g/mol. The number of hydrogen-bond donors (Lipinski definition) is 0. The van der Waals surface area contributed by atoms with Crippen LogP contribution in [0.15, 0.2) is 48.0 Å². The number of nitro groups is 1. The van der Waals surface area contributed by atoms with E-state index in [4.69, 9.17) is 14.2 Å². The third kappa shape index (κ3) is 3.23. The van der Waals surface area contributed by atoms with Crippen LogP contribution in [0.1, 0.15) is 17.0 Å². The Bertz CT molecular complexity index is 872. The standard InChI is InChI=1S/C19H17NO6/c1-24-13-5-3-12(4-6-13)19-17(11-21)16(10-20(22)23)15-9-14(25-2)7-8-18(15)26-19/h3-9,11,16H,10H2,1-2H3/t16-/m1/s1. The molecule has 2 aromatic rings. The third-order valence-electron chi connectivity index (χ3n) is 4.25. The molecule has 1 atom stereocenters. The van der Waals surface area contributed by atoms with Crippen molar-refractivity contribution in [1.82, 2.24) is 0 Å². The number of nitrogens with zero attached hydrogens (tertiary/aromatic N) is 1. The molecule has 2 aromatic carbocycles. The molecule has 0 fully saturated rings. The van der Waals surface area contributed by atoms with E-state index >= 15 is 0 Å². The average Bonchev–Trinajstić information content (AvgIpc) is 2.67. The Kier molecular flexibility index (Phi) is 4.88. The number of ether oxygens (including phenoxy) is 3. The molecule has 134 valence electrons. The Morgan fingerprint density at radius 3 is 2.35 bits per heavy atom. The number of carbonyl (C=O) groups excluding carboxylic acids is 1.